The molecule has 2 heterocycles. The Labute approximate surface area is 122 Å². The highest BCUT2D eigenvalue weighted by molar-refractivity contribution is 5.77. The molecule has 1 amide bonds. The second-order valence-corrected chi connectivity index (χ2v) is 4.58. The third-order valence-corrected chi connectivity index (χ3v) is 3.00. The Kier molecular flexibility index (Phi) is 3.82. The summed E-state index contributed by atoms with van der Waals surface area (Å²) >= 11 is 0. The van der Waals surface area contributed by atoms with Crippen LogP contribution in [0.15, 0.2) is 60.8 Å². The molecule has 0 unspecified atom stereocenters. The van der Waals surface area contributed by atoms with Crippen molar-refractivity contribution in [3.8, 4) is 5.75 Å². The number of hydrogen-bond donors (Lipinski definition) is 1. The van der Waals surface area contributed by atoms with Crippen molar-refractivity contribution in [3.05, 3.63) is 66.5 Å². The van der Waals surface area contributed by atoms with E-state index in [4.69, 9.17) is 4.74 Å². The molecule has 0 saturated carbocycles. The lowest BCUT2D eigenvalue weighted by atomic mass is 10.3. The Morgan fingerprint density at radius 2 is 1.95 bits per heavy atom. The van der Waals surface area contributed by atoms with Gasteiger partial charge < -0.3 is 10.1 Å². The summed E-state index contributed by atoms with van der Waals surface area (Å²) in [6, 6.07) is 17.0. The minimum absolute atomic E-state index is 0.00259. The van der Waals surface area contributed by atoms with Crippen LogP contribution in [-0.4, -0.2) is 22.1 Å². The Balaban J connectivity index is 1.51. The number of amides is 1. The molecule has 0 atom stereocenters. The zero-order valence-corrected chi connectivity index (χ0v) is 11.4. The number of nitrogens with zero attached hydrogens (tertiary/aromatic N) is 2. The van der Waals surface area contributed by atoms with Crippen molar-refractivity contribution in [3.63, 3.8) is 0 Å². The Bertz CT molecular complexity index is 704. The fraction of sp³-hybridized carbons (Fsp3) is 0.125. The molecular weight excluding hydrogens is 266 g/mol. The number of benzene rings is 1. The highest BCUT2D eigenvalue weighted by atomic mass is 16.5. The van der Waals surface area contributed by atoms with Gasteiger partial charge in [0.25, 0.3) is 5.91 Å². The molecule has 0 spiro atoms. The second kappa shape index (κ2) is 6.09. The molecular formula is C16H15N3O2. The van der Waals surface area contributed by atoms with E-state index >= 15 is 0 Å². The van der Waals surface area contributed by atoms with Gasteiger partial charge in [0.1, 0.15) is 5.75 Å². The van der Waals surface area contributed by atoms with E-state index in [9.17, 15) is 4.79 Å². The number of pyridine rings is 1. The fourth-order valence-electron chi connectivity index (χ4n) is 1.98. The van der Waals surface area contributed by atoms with Crippen LogP contribution in [0.5, 0.6) is 5.75 Å². The van der Waals surface area contributed by atoms with Crippen LogP contribution in [0.1, 0.15) is 5.69 Å². The van der Waals surface area contributed by atoms with E-state index in [-0.39, 0.29) is 12.5 Å². The van der Waals surface area contributed by atoms with Crippen molar-refractivity contribution in [1.29, 1.82) is 0 Å². The minimum Gasteiger partial charge on any atom is -0.484 e. The summed E-state index contributed by atoms with van der Waals surface area (Å²) in [6.07, 6.45) is 1.87. The molecule has 1 aromatic carbocycles. The number of aromatic nitrogens is 2. The van der Waals surface area contributed by atoms with Crippen molar-refractivity contribution in [2.24, 2.45) is 0 Å². The summed E-state index contributed by atoms with van der Waals surface area (Å²) < 4.78 is 7.16. The summed E-state index contributed by atoms with van der Waals surface area (Å²) in [7, 11) is 0. The lowest BCUT2D eigenvalue weighted by Gasteiger charge is -2.06. The smallest absolute Gasteiger partial charge is 0.258 e. The molecule has 0 saturated heterocycles. The van der Waals surface area contributed by atoms with E-state index in [0.717, 1.165) is 11.2 Å². The third-order valence-electron chi connectivity index (χ3n) is 3.00. The van der Waals surface area contributed by atoms with Gasteiger partial charge in [0, 0.05) is 6.20 Å². The van der Waals surface area contributed by atoms with Gasteiger partial charge in [-0.2, -0.15) is 5.10 Å². The number of hydrogen-bond acceptors (Lipinski definition) is 3. The van der Waals surface area contributed by atoms with E-state index in [2.05, 4.69) is 10.4 Å². The SMILES string of the molecule is O=C(COc1ccccc1)NCc1cc2ccccn2n1. The summed E-state index contributed by atoms with van der Waals surface area (Å²) in [5.74, 6) is 0.510. The van der Waals surface area contributed by atoms with Crippen molar-refractivity contribution < 1.29 is 9.53 Å². The zero-order valence-electron chi connectivity index (χ0n) is 11.4. The van der Waals surface area contributed by atoms with Gasteiger partial charge in [-0.15, -0.1) is 0 Å². The quantitative estimate of drug-likeness (QED) is 0.778. The van der Waals surface area contributed by atoms with Crippen molar-refractivity contribution in [1.82, 2.24) is 14.9 Å². The number of fused-ring (bicyclic) bond motifs is 1. The first-order valence-corrected chi connectivity index (χ1v) is 6.69. The average molecular weight is 281 g/mol. The number of nitrogens with one attached hydrogen (secondary N) is 1. The van der Waals surface area contributed by atoms with Gasteiger partial charge in [-0.05, 0) is 30.3 Å². The van der Waals surface area contributed by atoms with Crippen LogP contribution in [0.3, 0.4) is 0 Å². The monoisotopic (exact) mass is 281 g/mol. The number of ether oxygens (including phenoxy) is 1. The average Bonchev–Trinajstić information content (AvgIpc) is 2.95. The number of carbonyl (C=O) groups excluding carboxylic acids is 1. The van der Waals surface area contributed by atoms with Gasteiger partial charge >= 0.3 is 0 Å². The molecule has 0 fully saturated rings. The summed E-state index contributed by atoms with van der Waals surface area (Å²) in [5.41, 5.74) is 1.82. The fourth-order valence-corrected chi connectivity index (χ4v) is 1.98. The molecule has 5 heteroatoms. The molecule has 0 aliphatic rings. The van der Waals surface area contributed by atoms with Crippen LogP contribution >= 0.6 is 0 Å². The lowest BCUT2D eigenvalue weighted by molar-refractivity contribution is -0.123. The van der Waals surface area contributed by atoms with E-state index < -0.39 is 0 Å². The predicted octanol–water partition coefficient (Wildman–Crippen LogP) is 2.03. The first-order valence-electron chi connectivity index (χ1n) is 6.69. The maximum atomic E-state index is 11.7. The summed E-state index contributed by atoms with van der Waals surface area (Å²) in [5, 5.41) is 7.15. The van der Waals surface area contributed by atoms with Gasteiger partial charge in [0.05, 0.1) is 17.8 Å². The topological polar surface area (TPSA) is 55.6 Å². The third kappa shape index (κ3) is 3.39. The van der Waals surface area contributed by atoms with Crippen LogP contribution in [0, 0.1) is 0 Å². The highest BCUT2D eigenvalue weighted by Crippen LogP contribution is 2.08. The van der Waals surface area contributed by atoms with Crippen LogP contribution in [0.2, 0.25) is 0 Å². The van der Waals surface area contributed by atoms with Crippen LogP contribution < -0.4 is 10.1 Å². The molecule has 2 aromatic heterocycles. The van der Waals surface area contributed by atoms with E-state index in [1.165, 1.54) is 0 Å². The molecule has 3 rings (SSSR count). The summed E-state index contributed by atoms with van der Waals surface area (Å²) in [4.78, 5) is 11.7. The first-order chi connectivity index (χ1) is 10.3. The van der Waals surface area contributed by atoms with E-state index in [1.54, 1.807) is 4.52 Å². The minimum atomic E-state index is -0.170. The normalized spacial score (nSPS) is 10.5. The van der Waals surface area contributed by atoms with Gasteiger partial charge in [0.2, 0.25) is 0 Å². The molecule has 1 N–H and O–H groups in total. The Hall–Kier alpha value is -2.82. The van der Waals surface area contributed by atoms with Crippen LogP contribution in [0.25, 0.3) is 5.52 Å². The maximum absolute atomic E-state index is 11.7. The standard InChI is InChI=1S/C16H15N3O2/c20-16(12-21-15-7-2-1-3-8-15)17-11-13-10-14-6-4-5-9-19(14)18-13/h1-10H,11-12H2,(H,17,20). The molecule has 106 valence electrons. The zero-order chi connectivity index (χ0) is 14.5. The van der Waals surface area contributed by atoms with Crippen LogP contribution in [-0.2, 0) is 11.3 Å². The number of carbonyl (C=O) groups is 1. The van der Waals surface area contributed by atoms with Crippen LogP contribution in [0.4, 0.5) is 0 Å². The van der Waals surface area contributed by atoms with Crippen molar-refractivity contribution in [2.45, 2.75) is 6.54 Å². The molecule has 0 radical (unpaired) electrons. The molecule has 0 bridgehead atoms. The first kappa shape index (κ1) is 13.2. The number of para-hydroxylation sites is 1. The highest BCUT2D eigenvalue weighted by Gasteiger charge is 2.05. The Morgan fingerprint density at radius 1 is 1.14 bits per heavy atom. The van der Waals surface area contributed by atoms with E-state index in [0.29, 0.717) is 12.3 Å². The Morgan fingerprint density at radius 3 is 2.76 bits per heavy atom. The molecule has 0 aliphatic carbocycles. The molecule has 21 heavy (non-hydrogen) atoms. The van der Waals surface area contributed by atoms with Crippen molar-refractivity contribution >= 4 is 11.4 Å². The largest absolute Gasteiger partial charge is 0.484 e. The van der Waals surface area contributed by atoms with Gasteiger partial charge in [-0.3, -0.25) is 4.79 Å². The predicted molar refractivity (Wildman–Crippen MR) is 79.0 cm³/mol. The molecule has 3 aromatic rings. The van der Waals surface area contributed by atoms with Crippen molar-refractivity contribution in [2.75, 3.05) is 6.61 Å². The molecule has 0 aliphatic heterocycles. The summed E-state index contributed by atoms with van der Waals surface area (Å²) in [6.45, 7) is 0.385. The van der Waals surface area contributed by atoms with Gasteiger partial charge in [0.15, 0.2) is 6.61 Å². The number of rotatable bonds is 5. The van der Waals surface area contributed by atoms with Gasteiger partial charge in [-0.25, -0.2) is 4.52 Å². The lowest BCUT2D eigenvalue weighted by Crippen LogP contribution is -2.28. The van der Waals surface area contributed by atoms with E-state index in [1.807, 2.05) is 60.8 Å². The molecule has 5 nitrogen and oxygen atoms in total. The maximum Gasteiger partial charge on any atom is 0.258 e. The second-order valence-electron chi connectivity index (χ2n) is 4.58. The van der Waals surface area contributed by atoms with Gasteiger partial charge in [-0.1, -0.05) is 24.3 Å².